The summed E-state index contributed by atoms with van der Waals surface area (Å²) < 4.78 is 0. The van der Waals surface area contributed by atoms with Crippen LogP contribution in [-0.4, -0.2) is 23.5 Å². The van der Waals surface area contributed by atoms with Gasteiger partial charge in [-0.1, -0.05) is 25.1 Å². The van der Waals surface area contributed by atoms with Crippen LogP contribution in [0.1, 0.15) is 36.3 Å². The van der Waals surface area contributed by atoms with Crippen molar-refractivity contribution in [3.63, 3.8) is 0 Å². The number of pyridine rings is 1. The molecule has 0 spiro atoms. The quantitative estimate of drug-likeness (QED) is 0.941. The van der Waals surface area contributed by atoms with Gasteiger partial charge in [-0.25, -0.2) is 4.98 Å². The minimum absolute atomic E-state index is 0.108. The van der Waals surface area contributed by atoms with E-state index in [0.29, 0.717) is 18.3 Å². The highest BCUT2D eigenvalue weighted by molar-refractivity contribution is 5.92. The molecule has 4 nitrogen and oxygen atoms in total. The van der Waals surface area contributed by atoms with E-state index in [9.17, 15) is 4.79 Å². The minimum atomic E-state index is -0.108. The van der Waals surface area contributed by atoms with E-state index in [2.05, 4.69) is 46.4 Å². The van der Waals surface area contributed by atoms with Crippen molar-refractivity contribution in [2.45, 2.75) is 32.7 Å². The van der Waals surface area contributed by atoms with E-state index in [4.69, 9.17) is 0 Å². The van der Waals surface area contributed by atoms with E-state index < -0.39 is 0 Å². The molecular formula is C18H21N3O. The van der Waals surface area contributed by atoms with Crippen LogP contribution in [0.15, 0.2) is 42.6 Å². The number of anilines is 2. The number of rotatable bonds is 4. The standard InChI is InChI=1S/C18H21N3O/c1-3-10-19-18(22)16-9-8-15(12-20-16)21-13(2)11-14-6-4-5-7-17(14)21/h4-9,12-13H,3,10-11H2,1-2H3,(H,19,22). The number of carbonyl (C=O) groups excluding carboxylic acids is 1. The van der Waals surface area contributed by atoms with Gasteiger partial charge < -0.3 is 10.2 Å². The largest absolute Gasteiger partial charge is 0.351 e. The first-order valence-corrected chi connectivity index (χ1v) is 7.82. The van der Waals surface area contributed by atoms with Crippen molar-refractivity contribution in [2.24, 2.45) is 0 Å². The fraction of sp³-hybridized carbons (Fsp3) is 0.333. The molecule has 1 amide bonds. The van der Waals surface area contributed by atoms with Crippen LogP contribution in [0.5, 0.6) is 0 Å². The number of para-hydroxylation sites is 1. The molecule has 1 aromatic carbocycles. The molecule has 22 heavy (non-hydrogen) atoms. The van der Waals surface area contributed by atoms with Crippen LogP contribution in [0.25, 0.3) is 0 Å². The zero-order valence-corrected chi connectivity index (χ0v) is 13.0. The summed E-state index contributed by atoms with van der Waals surface area (Å²) in [5.74, 6) is -0.108. The van der Waals surface area contributed by atoms with Crippen molar-refractivity contribution < 1.29 is 4.79 Å². The Morgan fingerprint density at radius 1 is 1.32 bits per heavy atom. The van der Waals surface area contributed by atoms with Gasteiger partial charge in [0, 0.05) is 18.3 Å². The number of fused-ring (bicyclic) bond motifs is 1. The second-order valence-electron chi connectivity index (χ2n) is 5.71. The molecule has 3 rings (SSSR count). The third-order valence-electron chi connectivity index (χ3n) is 4.00. The number of benzene rings is 1. The zero-order valence-electron chi connectivity index (χ0n) is 13.0. The molecule has 0 saturated carbocycles. The second kappa shape index (κ2) is 6.18. The van der Waals surface area contributed by atoms with E-state index in [-0.39, 0.29) is 5.91 Å². The Hall–Kier alpha value is -2.36. The lowest BCUT2D eigenvalue weighted by Gasteiger charge is -2.24. The maximum Gasteiger partial charge on any atom is 0.269 e. The van der Waals surface area contributed by atoms with Crippen LogP contribution in [0.4, 0.5) is 11.4 Å². The highest BCUT2D eigenvalue weighted by atomic mass is 16.1. The van der Waals surface area contributed by atoms with Gasteiger partial charge in [-0.15, -0.1) is 0 Å². The number of amides is 1. The molecule has 1 N–H and O–H groups in total. The normalized spacial score (nSPS) is 16.5. The molecule has 4 heteroatoms. The van der Waals surface area contributed by atoms with Gasteiger partial charge in [0.15, 0.2) is 0 Å². The van der Waals surface area contributed by atoms with Crippen LogP contribution in [-0.2, 0) is 6.42 Å². The van der Waals surface area contributed by atoms with Gasteiger partial charge in [-0.2, -0.15) is 0 Å². The van der Waals surface area contributed by atoms with Crippen molar-refractivity contribution in [3.8, 4) is 0 Å². The van der Waals surface area contributed by atoms with E-state index in [1.165, 1.54) is 11.3 Å². The second-order valence-corrected chi connectivity index (χ2v) is 5.71. The molecular weight excluding hydrogens is 274 g/mol. The molecule has 0 fully saturated rings. The molecule has 1 aromatic heterocycles. The maximum absolute atomic E-state index is 11.9. The van der Waals surface area contributed by atoms with Gasteiger partial charge in [0.1, 0.15) is 5.69 Å². The summed E-state index contributed by atoms with van der Waals surface area (Å²) in [6.45, 7) is 4.92. The fourth-order valence-electron chi connectivity index (χ4n) is 2.95. The summed E-state index contributed by atoms with van der Waals surface area (Å²) in [6, 6.07) is 12.6. The Morgan fingerprint density at radius 3 is 2.86 bits per heavy atom. The molecule has 0 bridgehead atoms. The number of hydrogen-bond acceptors (Lipinski definition) is 3. The third-order valence-corrected chi connectivity index (χ3v) is 4.00. The Bertz CT molecular complexity index is 666. The highest BCUT2D eigenvalue weighted by Gasteiger charge is 2.26. The summed E-state index contributed by atoms with van der Waals surface area (Å²) in [4.78, 5) is 18.5. The lowest BCUT2D eigenvalue weighted by Crippen LogP contribution is -2.26. The van der Waals surface area contributed by atoms with Gasteiger partial charge >= 0.3 is 0 Å². The Kier molecular flexibility index (Phi) is 4.09. The van der Waals surface area contributed by atoms with Crippen LogP contribution >= 0.6 is 0 Å². The first kappa shape index (κ1) is 14.6. The Balaban J connectivity index is 1.83. The molecule has 0 aliphatic carbocycles. The number of nitrogens with zero attached hydrogens (tertiary/aromatic N) is 2. The molecule has 114 valence electrons. The molecule has 0 radical (unpaired) electrons. The van der Waals surface area contributed by atoms with Gasteiger partial charge in [0.05, 0.1) is 11.9 Å². The first-order valence-electron chi connectivity index (χ1n) is 7.82. The van der Waals surface area contributed by atoms with Crippen molar-refractivity contribution in [1.29, 1.82) is 0 Å². The van der Waals surface area contributed by atoms with E-state index in [1.807, 2.05) is 13.0 Å². The minimum Gasteiger partial charge on any atom is -0.351 e. The molecule has 1 unspecified atom stereocenters. The number of aromatic nitrogens is 1. The summed E-state index contributed by atoms with van der Waals surface area (Å²) in [6.07, 6.45) is 3.75. The van der Waals surface area contributed by atoms with Gasteiger partial charge in [0.2, 0.25) is 0 Å². The molecule has 1 aliphatic rings. The number of carbonyl (C=O) groups is 1. The van der Waals surface area contributed by atoms with Gasteiger partial charge in [-0.05, 0) is 43.5 Å². The monoisotopic (exact) mass is 295 g/mol. The average molecular weight is 295 g/mol. The van der Waals surface area contributed by atoms with Crippen LogP contribution < -0.4 is 10.2 Å². The van der Waals surface area contributed by atoms with E-state index >= 15 is 0 Å². The molecule has 1 aliphatic heterocycles. The van der Waals surface area contributed by atoms with Crippen LogP contribution in [0, 0.1) is 0 Å². The summed E-state index contributed by atoms with van der Waals surface area (Å²) in [5.41, 5.74) is 4.10. The third kappa shape index (κ3) is 2.69. The maximum atomic E-state index is 11.9. The molecule has 1 atom stereocenters. The summed E-state index contributed by atoms with van der Waals surface area (Å²) >= 11 is 0. The van der Waals surface area contributed by atoms with Crippen LogP contribution in [0.3, 0.4) is 0 Å². The van der Waals surface area contributed by atoms with E-state index in [1.54, 1.807) is 12.3 Å². The average Bonchev–Trinajstić information content (AvgIpc) is 2.88. The van der Waals surface area contributed by atoms with Crippen molar-refractivity contribution in [1.82, 2.24) is 10.3 Å². The van der Waals surface area contributed by atoms with Crippen molar-refractivity contribution >= 4 is 17.3 Å². The molecule has 2 aromatic rings. The fourth-order valence-corrected chi connectivity index (χ4v) is 2.95. The number of hydrogen-bond donors (Lipinski definition) is 1. The molecule has 2 heterocycles. The summed E-state index contributed by atoms with van der Waals surface area (Å²) in [7, 11) is 0. The Morgan fingerprint density at radius 2 is 2.14 bits per heavy atom. The predicted molar refractivity (Wildman–Crippen MR) is 88.6 cm³/mol. The van der Waals surface area contributed by atoms with Gasteiger partial charge in [-0.3, -0.25) is 4.79 Å². The van der Waals surface area contributed by atoms with Crippen LogP contribution in [0.2, 0.25) is 0 Å². The first-order chi connectivity index (χ1) is 10.7. The number of nitrogens with one attached hydrogen (secondary N) is 1. The van der Waals surface area contributed by atoms with Crippen molar-refractivity contribution in [2.75, 3.05) is 11.4 Å². The Labute approximate surface area is 131 Å². The van der Waals surface area contributed by atoms with E-state index in [0.717, 1.165) is 18.5 Å². The predicted octanol–water partition coefficient (Wildman–Crippen LogP) is 3.30. The summed E-state index contributed by atoms with van der Waals surface area (Å²) in [5, 5.41) is 2.85. The molecule has 0 saturated heterocycles. The SMILES string of the molecule is CCCNC(=O)c1ccc(N2c3ccccc3CC2C)cn1. The van der Waals surface area contributed by atoms with Crippen molar-refractivity contribution in [3.05, 3.63) is 53.9 Å². The topological polar surface area (TPSA) is 45.2 Å². The lowest BCUT2D eigenvalue weighted by molar-refractivity contribution is 0.0949. The smallest absolute Gasteiger partial charge is 0.269 e. The lowest BCUT2D eigenvalue weighted by atomic mass is 10.1. The zero-order chi connectivity index (χ0) is 15.5. The van der Waals surface area contributed by atoms with Gasteiger partial charge in [0.25, 0.3) is 5.91 Å². The highest BCUT2D eigenvalue weighted by Crippen LogP contribution is 2.37.